The molecule has 3 rings (SSSR count). The van der Waals surface area contributed by atoms with Crippen molar-refractivity contribution in [2.24, 2.45) is 0 Å². The molecule has 1 aliphatic rings. The van der Waals surface area contributed by atoms with Crippen LogP contribution in [0.3, 0.4) is 0 Å². The van der Waals surface area contributed by atoms with Crippen LogP contribution >= 0.6 is 0 Å². The molecule has 0 amide bonds. The average Bonchev–Trinajstić information content (AvgIpc) is 3.10. The number of sulfonamides is 1. The Bertz CT molecular complexity index is 767. The standard InChI is InChI=1S/C18H26N4O2S/c1-2-12-22(17-8-10-19-11-9-17)25(23,24)18-13-20-21(15-18)14-16-6-4-3-5-7-16/h3-7,13,15,17,19H,2,8-12,14H2,1H3. The maximum Gasteiger partial charge on any atom is 0.246 e. The lowest BCUT2D eigenvalue weighted by Crippen LogP contribution is -2.46. The van der Waals surface area contributed by atoms with Crippen LogP contribution in [0.4, 0.5) is 0 Å². The van der Waals surface area contributed by atoms with Gasteiger partial charge in [0.2, 0.25) is 10.0 Å². The van der Waals surface area contributed by atoms with Crippen molar-refractivity contribution in [1.82, 2.24) is 19.4 Å². The van der Waals surface area contributed by atoms with Crippen molar-refractivity contribution >= 4 is 10.0 Å². The summed E-state index contributed by atoms with van der Waals surface area (Å²) in [6.07, 6.45) is 5.64. The zero-order chi connectivity index (χ0) is 17.7. The van der Waals surface area contributed by atoms with Gasteiger partial charge < -0.3 is 5.32 Å². The quantitative estimate of drug-likeness (QED) is 0.819. The van der Waals surface area contributed by atoms with Gasteiger partial charge in [-0.05, 0) is 37.9 Å². The normalized spacial score (nSPS) is 16.4. The summed E-state index contributed by atoms with van der Waals surface area (Å²) in [5.41, 5.74) is 1.10. The first-order valence-electron chi connectivity index (χ1n) is 8.90. The van der Waals surface area contributed by atoms with E-state index in [1.807, 2.05) is 37.3 Å². The molecule has 2 heterocycles. The summed E-state index contributed by atoms with van der Waals surface area (Å²) in [7, 11) is -3.51. The highest BCUT2D eigenvalue weighted by Crippen LogP contribution is 2.22. The van der Waals surface area contributed by atoms with E-state index in [4.69, 9.17) is 0 Å². The number of hydrogen-bond donors (Lipinski definition) is 1. The molecule has 0 saturated carbocycles. The van der Waals surface area contributed by atoms with Gasteiger partial charge in [-0.1, -0.05) is 37.3 Å². The van der Waals surface area contributed by atoms with Crippen molar-refractivity contribution in [3.05, 3.63) is 48.3 Å². The van der Waals surface area contributed by atoms with Crippen LogP contribution < -0.4 is 5.32 Å². The molecule has 0 unspecified atom stereocenters. The van der Waals surface area contributed by atoms with Gasteiger partial charge >= 0.3 is 0 Å². The third kappa shape index (κ3) is 4.29. The summed E-state index contributed by atoms with van der Waals surface area (Å²) in [6.45, 7) is 4.87. The summed E-state index contributed by atoms with van der Waals surface area (Å²) in [5.74, 6) is 0. The highest BCUT2D eigenvalue weighted by atomic mass is 32.2. The molecule has 1 aromatic carbocycles. The summed E-state index contributed by atoms with van der Waals surface area (Å²) < 4.78 is 29.6. The van der Waals surface area contributed by atoms with E-state index in [0.717, 1.165) is 37.9 Å². The predicted molar refractivity (Wildman–Crippen MR) is 97.8 cm³/mol. The molecule has 7 heteroatoms. The number of nitrogens with one attached hydrogen (secondary N) is 1. The van der Waals surface area contributed by atoms with Crippen molar-refractivity contribution in [2.45, 2.75) is 43.7 Å². The van der Waals surface area contributed by atoms with E-state index in [0.29, 0.717) is 13.1 Å². The topological polar surface area (TPSA) is 67.2 Å². The van der Waals surface area contributed by atoms with Gasteiger partial charge in [0.15, 0.2) is 0 Å². The fourth-order valence-electron chi connectivity index (χ4n) is 3.28. The fourth-order valence-corrected chi connectivity index (χ4v) is 5.02. The molecule has 0 spiro atoms. The molecule has 136 valence electrons. The van der Waals surface area contributed by atoms with E-state index < -0.39 is 10.0 Å². The first-order valence-corrected chi connectivity index (χ1v) is 10.3. The number of nitrogens with zero attached hydrogens (tertiary/aromatic N) is 3. The molecule has 0 atom stereocenters. The van der Waals surface area contributed by atoms with Gasteiger partial charge in [-0.25, -0.2) is 8.42 Å². The lowest BCUT2D eigenvalue weighted by atomic mass is 10.1. The number of piperidine rings is 1. The second kappa shape index (κ2) is 8.12. The maximum absolute atomic E-state index is 13.1. The van der Waals surface area contributed by atoms with Crippen LogP contribution in [-0.4, -0.2) is 48.2 Å². The zero-order valence-electron chi connectivity index (χ0n) is 14.6. The summed E-state index contributed by atoms with van der Waals surface area (Å²) in [6, 6.07) is 9.99. The van der Waals surface area contributed by atoms with Crippen LogP contribution in [-0.2, 0) is 16.6 Å². The largest absolute Gasteiger partial charge is 0.317 e. The Balaban J connectivity index is 1.80. The summed E-state index contributed by atoms with van der Waals surface area (Å²) >= 11 is 0. The minimum absolute atomic E-state index is 0.0728. The molecular formula is C18H26N4O2S. The fraction of sp³-hybridized carbons (Fsp3) is 0.500. The molecular weight excluding hydrogens is 336 g/mol. The van der Waals surface area contributed by atoms with Crippen LogP contribution in [0.5, 0.6) is 0 Å². The van der Waals surface area contributed by atoms with Crippen LogP contribution in [0.2, 0.25) is 0 Å². The lowest BCUT2D eigenvalue weighted by molar-refractivity contribution is 0.262. The first-order chi connectivity index (χ1) is 12.1. The van der Waals surface area contributed by atoms with Crippen molar-refractivity contribution < 1.29 is 8.42 Å². The molecule has 6 nitrogen and oxygen atoms in total. The number of benzene rings is 1. The zero-order valence-corrected chi connectivity index (χ0v) is 15.5. The van der Waals surface area contributed by atoms with Crippen molar-refractivity contribution in [3.63, 3.8) is 0 Å². The van der Waals surface area contributed by atoms with Crippen molar-refractivity contribution in [3.8, 4) is 0 Å². The number of hydrogen-bond acceptors (Lipinski definition) is 4. The van der Waals surface area contributed by atoms with Gasteiger partial charge in [-0.15, -0.1) is 0 Å². The molecule has 1 fully saturated rings. The minimum atomic E-state index is -3.51. The van der Waals surface area contributed by atoms with E-state index in [1.54, 1.807) is 15.2 Å². The van der Waals surface area contributed by atoms with Gasteiger partial charge in [0.05, 0.1) is 12.7 Å². The van der Waals surface area contributed by atoms with E-state index in [1.165, 1.54) is 6.20 Å². The molecule has 0 aliphatic carbocycles. The third-order valence-corrected chi connectivity index (χ3v) is 6.47. The maximum atomic E-state index is 13.1. The Morgan fingerprint density at radius 2 is 1.96 bits per heavy atom. The molecule has 2 aromatic rings. The monoisotopic (exact) mass is 362 g/mol. The van der Waals surface area contributed by atoms with Crippen LogP contribution in [0.1, 0.15) is 31.7 Å². The predicted octanol–water partition coefficient (Wildman–Crippen LogP) is 2.08. The van der Waals surface area contributed by atoms with E-state index >= 15 is 0 Å². The van der Waals surface area contributed by atoms with Crippen LogP contribution in [0.25, 0.3) is 0 Å². The van der Waals surface area contributed by atoms with Gasteiger partial charge in [0.25, 0.3) is 0 Å². The average molecular weight is 362 g/mol. The summed E-state index contributed by atoms with van der Waals surface area (Å²) in [4.78, 5) is 0.287. The lowest BCUT2D eigenvalue weighted by Gasteiger charge is -2.33. The van der Waals surface area contributed by atoms with E-state index in [9.17, 15) is 8.42 Å². The Morgan fingerprint density at radius 1 is 1.24 bits per heavy atom. The Labute approximate surface area is 149 Å². The Kier molecular flexibility index (Phi) is 5.88. The van der Waals surface area contributed by atoms with Crippen LogP contribution in [0, 0.1) is 0 Å². The van der Waals surface area contributed by atoms with Crippen molar-refractivity contribution in [1.29, 1.82) is 0 Å². The smallest absolute Gasteiger partial charge is 0.246 e. The van der Waals surface area contributed by atoms with Gasteiger partial charge in [0, 0.05) is 18.8 Å². The van der Waals surface area contributed by atoms with Crippen LogP contribution in [0.15, 0.2) is 47.6 Å². The molecule has 1 N–H and O–H groups in total. The molecule has 25 heavy (non-hydrogen) atoms. The molecule has 1 aromatic heterocycles. The van der Waals surface area contributed by atoms with Crippen molar-refractivity contribution in [2.75, 3.05) is 19.6 Å². The highest BCUT2D eigenvalue weighted by Gasteiger charge is 2.32. The highest BCUT2D eigenvalue weighted by molar-refractivity contribution is 7.89. The molecule has 1 saturated heterocycles. The third-order valence-electron chi connectivity index (χ3n) is 4.56. The second-order valence-corrected chi connectivity index (χ2v) is 8.35. The van der Waals surface area contributed by atoms with Gasteiger partial charge in [-0.2, -0.15) is 9.40 Å². The second-order valence-electron chi connectivity index (χ2n) is 6.46. The number of aromatic nitrogens is 2. The summed E-state index contributed by atoms with van der Waals surface area (Å²) in [5, 5.41) is 7.56. The minimum Gasteiger partial charge on any atom is -0.317 e. The number of rotatable bonds is 7. The van der Waals surface area contributed by atoms with E-state index in [2.05, 4.69) is 10.4 Å². The SMILES string of the molecule is CCCN(C1CCNCC1)S(=O)(=O)c1cnn(Cc2ccccc2)c1. The molecule has 1 aliphatic heterocycles. The molecule has 0 radical (unpaired) electrons. The molecule has 0 bridgehead atoms. The Hall–Kier alpha value is -1.70. The van der Waals surface area contributed by atoms with Gasteiger partial charge in [0.1, 0.15) is 4.90 Å². The Morgan fingerprint density at radius 3 is 2.64 bits per heavy atom. The van der Waals surface area contributed by atoms with Gasteiger partial charge in [-0.3, -0.25) is 4.68 Å². The van der Waals surface area contributed by atoms with E-state index in [-0.39, 0.29) is 10.9 Å². The first kappa shape index (κ1) is 18.1.